The molecule has 0 aliphatic carbocycles. The van der Waals surface area contributed by atoms with E-state index in [1.54, 1.807) is 18.2 Å². The van der Waals surface area contributed by atoms with Gasteiger partial charge < -0.3 is 10.5 Å². The van der Waals surface area contributed by atoms with Crippen molar-refractivity contribution in [3.8, 4) is 17.0 Å². The van der Waals surface area contributed by atoms with E-state index in [0.717, 1.165) is 5.56 Å². The predicted molar refractivity (Wildman–Crippen MR) is 63.1 cm³/mol. The molecule has 2 rings (SSSR count). The highest BCUT2D eigenvalue weighted by molar-refractivity contribution is 5.62. The summed E-state index contributed by atoms with van der Waals surface area (Å²) in [5.74, 6) is 0.151. The third-order valence-corrected chi connectivity index (χ3v) is 2.47. The Morgan fingerprint density at radius 3 is 2.59 bits per heavy atom. The minimum Gasteiger partial charge on any atom is -0.494 e. The van der Waals surface area contributed by atoms with Crippen LogP contribution in [0.1, 0.15) is 5.56 Å². The average molecular weight is 233 g/mol. The van der Waals surface area contributed by atoms with Crippen molar-refractivity contribution in [2.24, 2.45) is 0 Å². The normalized spacial score (nSPS) is 10.3. The van der Waals surface area contributed by atoms with Crippen molar-refractivity contribution in [2.75, 3.05) is 12.8 Å². The van der Waals surface area contributed by atoms with E-state index in [-0.39, 0.29) is 5.75 Å². The Hall–Kier alpha value is -2.17. The quantitative estimate of drug-likeness (QED) is 0.863. The van der Waals surface area contributed by atoms with Gasteiger partial charge >= 0.3 is 0 Å². The number of benzene rings is 1. The number of nitrogen functional groups attached to an aromatic ring is 1. The molecule has 0 saturated carbocycles. The van der Waals surface area contributed by atoms with Crippen molar-refractivity contribution in [2.45, 2.75) is 6.92 Å². The first-order valence-corrected chi connectivity index (χ1v) is 5.05. The molecule has 0 aliphatic rings. The Balaban J connectivity index is 2.46. The van der Waals surface area contributed by atoms with Crippen molar-refractivity contribution >= 4 is 5.82 Å². The van der Waals surface area contributed by atoms with E-state index in [4.69, 9.17) is 10.5 Å². The van der Waals surface area contributed by atoms with Crippen LogP contribution in [0.3, 0.4) is 0 Å². The summed E-state index contributed by atoms with van der Waals surface area (Å²) < 4.78 is 18.4. The van der Waals surface area contributed by atoms with Crippen LogP contribution in [0.25, 0.3) is 11.3 Å². The molecule has 17 heavy (non-hydrogen) atoms. The second-order valence-corrected chi connectivity index (χ2v) is 3.65. The minimum atomic E-state index is -0.429. The van der Waals surface area contributed by atoms with Crippen LogP contribution in [-0.2, 0) is 0 Å². The number of nitrogens with two attached hydrogens (primary N) is 1. The van der Waals surface area contributed by atoms with Gasteiger partial charge in [0.1, 0.15) is 5.82 Å². The fraction of sp³-hybridized carbons (Fsp3) is 0.167. The van der Waals surface area contributed by atoms with E-state index >= 15 is 0 Å². The number of nitrogens with zero attached hydrogens (tertiary/aromatic N) is 2. The number of ether oxygens (including phenoxy) is 1. The van der Waals surface area contributed by atoms with Gasteiger partial charge in [0, 0.05) is 5.56 Å². The van der Waals surface area contributed by atoms with Crippen molar-refractivity contribution in [3.63, 3.8) is 0 Å². The number of aromatic nitrogens is 2. The Labute approximate surface area is 98.2 Å². The lowest BCUT2D eigenvalue weighted by atomic mass is 10.1. The van der Waals surface area contributed by atoms with Crippen LogP contribution in [0, 0.1) is 12.7 Å². The van der Waals surface area contributed by atoms with Crippen molar-refractivity contribution in [3.05, 3.63) is 35.6 Å². The number of rotatable bonds is 2. The Morgan fingerprint density at radius 2 is 2.00 bits per heavy atom. The molecule has 0 aliphatic heterocycles. The van der Waals surface area contributed by atoms with Gasteiger partial charge in [-0.1, -0.05) is 0 Å². The first-order valence-electron chi connectivity index (χ1n) is 5.05. The lowest BCUT2D eigenvalue weighted by Gasteiger charge is -2.05. The summed E-state index contributed by atoms with van der Waals surface area (Å²) in [7, 11) is 1.42. The van der Waals surface area contributed by atoms with Gasteiger partial charge in [-0.2, -0.15) is 0 Å². The summed E-state index contributed by atoms with van der Waals surface area (Å²) in [6.45, 7) is 1.83. The van der Waals surface area contributed by atoms with E-state index in [1.807, 2.05) is 6.92 Å². The van der Waals surface area contributed by atoms with Crippen molar-refractivity contribution in [1.29, 1.82) is 0 Å². The zero-order chi connectivity index (χ0) is 12.4. The summed E-state index contributed by atoms with van der Waals surface area (Å²) >= 11 is 0. The van der Waals surface area contributed by atoms with E-state index in [1.165, 1.54) is 13.2 Å². The standard InChI is InChI=1S/C12H12FN3O/c1-7-5-10(15-16-12(7)14)8-3-4-11(17-2)9(13)6-8/h3-6H,1-2H3,(H2,14,16). The average Bonchev–Trinajstić information content (AvgIpc) is 2.32. The summed E-state index contributed by atoms with van der Waals surface area (Å²) in [5.41, 5.74) is 7.61. The van der Waals surface area contributed by atoms with Gasteiger partial charge in [-0.3, -0.25) is 0 Å². The summed E-state index contributed by atoms with van der Waals surface area (Å²) in [4.78, 5) is 0. The van der Waals surface area contributed by atoms with E-state index in [2.05, 4.69) is 10.2 Å². The Kier molecular flexibility index (Phi) is 2.91. The molecule has 1 aromatic heterocycles. The Bertz CT molecular complexity index is 557. The van der Waals surface area contributed by atoms with Gasteiger partial charge in [0.2, 0.25) is 0 Å². The summed E-state index contributed by atoms with van der Waals surface area (Å²) in [6, 6.07) is 6.40. The van der Waals surface area contributed by atoms with E-state index in [0.29, 0.717) is 17.1 Å². The summed E-state index contributed by atoms with van der Waals surface area (Å²) in [5, 5.41) is 7.72. The van der Waals surface area contributed by atoms with Crippen LogP contribution in [0.2, 0.25) is 0 Å². The SMILES string of the molecule is COc1ccc(-c2cc(C)c(N)nn2)cc1F. The molecule has 0 amide bonds. The van der Waals surface area contributed by atoms with Crippen LogP contribution in [0.15, 0.2) is 24.3 Å². The first kappa shape index (κ1) is 11.3. The molecule has 1 heterocycles. The monoisotopic (exact) mass is 233 g/mol. The van der Waals surface area contributed by atoms with Gasteiger partial charge in [0.05, 0.1) is 12.8 Å². The molecule has 0 radical (unpaired) electrons. The largest absolute Gasteiger partial charge is 0.494 e. The van der Waals surface area contributed by atoms with E-state index < -0.39 is 5.82 Å². The lowest BCUT2D eigenvalue weighted by molar-refractivity contribution is 0.386. The zero-order valence-corrected chi connectivity index (χ0v) is 9.57. The lowest BCUT2D eigenvalue weighted by Crippen LogP contribution is -1.98. The highest BCUT2D eigenvalue weighted by atomic mass is 19.1. The molecule has 0 saturated heterocycles. The molecule has 0 spiro atoms. The molecule has 2 N–H and O–H groups in total. The third kappa shape index (κ3) is 2.18. The summed E-state index contributed by atoms with van der Waals surface area (Å²) in [6.07, 6.45) is 0. The van der Waals surface area contributed by atoms with Gasteiger partial charge in [-0.25, -0.2) is 4.39 Å². The molecule has 1 aromatic carbocycles. The van der Waals surface area contributed by atoms with Crippen LogP contribution in [0.4, 0.5) is 10.2 Å². The van der Waals surface area contributed by atoms with Crippen LogP contribution in [-0.4, -0.2) is 17.3 Å². The molecule has 0 bridgehead atoms. The second kappa shape index (κ2) is 4.37. The topological polar surface area (TPSA) is 61.0 Å². The number of halogens is 1. The third-order valence-electron chi connectivity index (χ3n) is 2.47. The molecule has 0 atom stereocenters. The Morgan fingerprint density at radius 1 is 1.24 bits per heavy atom. The van der Waals surface area contributed by atoms with Gasteiger partial charge in [0.25, 0.3) is 0 Å². The van der Waals surface area contributed by atoms with Crippen LogP contribution < -0.4 is 10.5 Å². The second-order valence-electron chi connectivity index (χ2n) is 3.65. The maximum Gasteiger partial charge on any atom is 0.165 e. The molecular weight excluding hydrogens is 221 g/mol. The first-order chi connectivity index (χ1) is 8.11. The molecule has 88 valence electrons. The fourth-order valence-corrected chi connectivity index (χ4v) is 1.46. The molecule has 0 fully saturated rings. The molecular formula is C12H12FN3O. The number of methoxy groups -OCH3 is 1. The smallest absolute Gasteiger partial charge is 0.165 e. The maximum absolute atomic E-state index is 13.5. The molecule has 2 aromatic rings. The molecule has 0 unspecified atom stereocenters. The van der Waals surface area contributed by atoms with Crippen molar-refractivity contribution in [1.82, 2.24) is 10.2 Å². The zero-order valence-electron chi connectivity index (χ0n) is 9.57. The number of hydrogen-bond acceptors (Lipinski definition) is 4. The number of hydrogen-bond donors (Lipinski definition) is 1. The fourth-order valence-electron chi connectivity index (χ4n) is 1.46. The molecule has 5 heteroatoms. The highest BCUT2D eigenvalue weighted by Gasteiger charge is 2.07. The predicted octanol–water partition coefficient (Wildman–Crippen LogP) is 2.18. The van der Waals surface area contributed by atoms with Crippen molar-refractivity contribution < 1.29 is 9.13 Å². The number of aryl methyl sites for hydroxylation is 1. The molecule has 4 nitrogen and oxygen atoms in total. The van der Waals surface area contributed by atoms with Crippen LogP contribution in [0.5, 0.6) is 5.75 Å². The number of anilines is 1. The maximum atomic E-state index is 13.5. The van der Waals surface area contributed by atoms with Gasteiger partial charge in [-0.05, 0) is 36.8 Å². The van der Waals surface area contributed by atoms with Crippen LogP contribution >= 0.6 is 0 Å². The van der Waals surface area contributed by atoms with Gasteiger partial charge in [-0.15, -0.1) is 10.2 Å². The van der Waals surface area contributed by atoms with E-state index in [9.17, 15) is 4.39 Å². The highest BCUT2D eigenvalue weighted by Crippen LogP contribution is 2.24. The minimum absolute atomic E-state index is 0.203. The van der Waals surface area contributed by atoms with Gasteiger partial charge in [0.15, 0.2) is 11.6 Å².